The molecule has 0 aromatic rings. The summed E-state index contributed by atoms with van der Waals surface area (Å²) in [5.74, 6) is 2.39. The van der Waals surface area contributed by atoms with Gasteiger partial charge in [0.2, 0.25) is 5.91 Å². The van der Waals surface area contributed by atoms with E-state index in [1.807, 2.05) is 6.08 Å². The van der Waals surface area contributed by atoms with Crippen LogP contribution in [0.4, 0.5) is 0 Å². The second-order valence-electron chi connectivity index (χ2n) is 2.25. The van der Waals surface area contributed by atoms with Crippen LogP contribution in [0.5, 0.6) is 0 Å². The van der Waals surface area contributed by atoms with Crippen molar-refractivity contribution in [3.63, 3.8) is 0 Å². The first kappa shape index (κ1) is 11.2. The number of carbonyl (C=O) groups excluding carboxylic acids is 1. The predicted octanol–water partition coefficient (Wildman–Crippen LogP) is 1.29. The Morgan fingerprint density at radius 2 is 2.42 bits per heavy atom. The molecule has 0 bridgehead atoms. The van der Waals surface area contributed by atoms with E-state index in [1.54, 1.807) is 6.20 Å². The molecule has 0 aromatic carbocycles. The fourth-order valence-corrected chi connectivity index (χ4v) is 0.782. The van der Waals surface area contributed by atoms with Crippen LogP contribution in [0.15, 0.2) is 12.3 Å². The van der Waals surface area contributed by atoms with Crippen molar-refractivity contribution in [3.05, 3.63) is 12.3 Å². The zero-order valence-electron chi connectivity index (χ0n) is 7.05. The van der Waals surface area contributed by atoms with Crippen molar-refractivity contribution in [1.82, 2.24) is 5.32 Å². The fourth-order valence-electron chi connectivity index (χ4n) is 0.589. The van der Waals surface area contributed by atoms with Crippen molar-refractivity contribution < 1.29 is 4.79 Å². The number of hydrogen-bond acceptors (Lipinski definition) is 1. The van der Waals surface area contributed by atoms with Crippen LogP contribution >= 0.6 is 9.24 Å². The van der Waals surface area contributed by atoms with E-state index < -0.39 is 0 Å². The molecule has 2 nitrogen and oxygen atoms in total. The van der Waals surface area contributed by atoms with E-state index in [9.17, 15) is 4.79 Å². The van der Waals surface area contributed by atoms with Gasteiger partial charge in [0.1, 0.15) is 0 Å². The molecule has 1 unspecified atom stereocenters. The molecule has 0 aliphatic carbocycles. The van der Waals surface area contributed by atoms with Gasteiger partial charge < -0.3 is 5.32 Å². The van der Waals surface area contributed by atoms with Crippen molar-refractivity contribution in [2.24, 2.45) is 0 Å². The Balaban J connectivity index is 3.38. The van der Waals surface area contributed by atoms with Gasteiger partial charge in [0, 0.05) is 12.8 Å². The first-order valence-corrected chi connectivity index (χ1v) is 4.70. The fraction of sp³-hybridized carbons (Fsp3) is 0.444. The largest absolute Gasteiger partial charge is 0.333 e. The van der Waals surface area contributed by atoms with E-state index in [-0.39, 0.29) is 5.91 Å². The molecule has 0 heterocycles. The van der Waals surface area contributed by atoms with Crippen LogP contribution in [-0.2, 0) is 4.79 Å². The van der Waals surface area contributed by atoms with Gasteiger partial charge in [-0.2, -0.15) is 0 Å². The third kappa shape index (κ3) is 7.31. The lowest BCUT2D eigenvalue weighted by molar-refractivity contribution is -0.120. The summed E-state index contributed by atoms with van der Waals surface area (Å²) in [5.41, 5.74) is 0. The van der Waals surface area contributed by atoms with Crippen molar-refractivity contribution in [3.8, 4) is 12.3 Å². The molecule has 0 fully saturated rings. The van der Waals surface area contributed by atoms with Gasteiger partial charge in [0.25, 0.3) is 0 Å². The number of allylic oxidation sites excluding steroid dienone is 1. The Bertz CT molecular complexity index is 193. The van der Waals surface area contributed by atoms with Crippen molar-refractivity contribution in [2.45, 2.75) is 19.3 Å². The summed E-state index contributed by atoms with van der Waals surface area (Å²) in [6.07, 6.45) is 11.5. The third-order valence-electron chi connectivity index (χ3n) is 1.19. The van der Waals surface area contributed by atoms with Gasteiger partial charge in [-0.05, 0) is 18.8 Å². The number of carbonyl (C=O) groups is 1. The van der Waals surface area contributed by atoms with Crippen LogP contribution in [0.3, 0.4) is 0 Å². The summed E-state index contributed by atoms with van der Waals surface area (Å²) in [4.78, 5) is 10.9. The molecule has 66 valence electrons. The molecule has 12 heavy (non-hydrogen) atoms. The molecule has 0 radical (unpaired) electrons. The highest BCUT2D eigenvalue weighted by Gasteiger charge is 1.94. The molecule has 0 aromatic heterocycles. The maximum Gasteiger partial charge on any atom is 0.224 e. The number of terminal acetylenes is 1. The minimum atomic E-state index is -0.0204. The molecule has 0 aliphatic rings. The maximum absolute atomic E-state index is 10.9. The average Bonchev–Trinajstić information content (AvgIpc) is 2.09. The minimum absolute atomic E-state index is 0.0204. The maximum atomic E-state index is 10.9. The normalized spacial score (nSPS) is 9.67. The number of amides is 1. The van der Waals surface area contributed by atoms with Gasteiger partial charge in [0.05, 0.1) is 0 Å². The molecule has 0 aliphatic heterocycles. The van der Waals surface area contributed by atoms with E-state index >= 15 is 0 Å². The van der Waals surface area contributed by atoms with E-state index in [2.05, 4.69) is 20.5 Å². The summed E-state index contributed by atoms with van der Waals surface area (Å²) < 4.78 is 0. The standard InChI is InChI=1S/C9H14NOP/c1-2-3-6-9(11)10-7-4-5-8-12/h1,4,7H,3,5-6,8,12H2,(H,10,11). The van der Waals surface area contributed by atoms with Gasteiger partial charge in [-0.15, -0.1) is 21.6 Å². The molecular formula is C9H14NOP. The Labute approximate surface area is 76.0 Å². The Morgan fingerprint density at radius 1 is 1.67 bits per heavy atom. The van der Waals surface area contributed by atoms with Crippen LogP contribution in [0, 0.1) is 12.3 Å². The van der Waals surface area contributed by atoms with Crippen LogP contribution in [-0.4, -0.2) is 12.1 Å². The first-order valence-electron chi connectivity index (χ1n) is 3.89. The Kier molecular flexibility index (Phi) is 7.74. The predicted molar refractivity (Wildman–Crippen MR) is 54.5 cm³/mol. The van der Waals surface area contributed by atoms with Gasteiger partial charge in [0.15, 0.2) is 0 Å². The highest BCUT2D eigenvalue weighted by atomic mass is 31.0. The summed E-state index contributed by atoms with van der Waals surface area (Å²) in [7, 11) is 2.61. The zero-order chi connectivity index (χ0) is 9.23. The summed E-state index contributed by atoms with van der Waals surface area (Å²) in [5, 5.41) is 2.63. The molecule has 0 rings (SSSR count). The number of nitrogens with one attached hydrogen (secondary N) is 1. The van der Waals surface area contributed by atoms with Crippen LogP contribution < -0.4 is 5.32 Å². The quantitative estimate of drug-likeness (QED) is 0.505. The smallest absolute Gasteiger partial charge is 0.224 e. The molecule has 1 N–H and O–H groups in total. The second kappa shape index (κ2) is 8.30. The molecule has 0 saturated carbocycles. The highest BCUT2D eigenvalue weighted by Crippen LogP contribution is 1.89. The lowest BCUT2D eigenvalue weighted by atomic mass is 10.3. The molecule has 1 atom stereocenters. The van der Waals surface area contributed by atoms with E-state index in [0.29, 0.717) is 12.8 Å². The van der Waals surface area contributed by atoms with Gasteiger partial charge >= 0.3 is 0 Å². The molecule has 0 spiro atoms. The Morgan fingerprint density at radius 3 is 3.00 bits per heavy atom. The topological polar surface area (TPSA) is 29.1 Å². The van der Waals surface area contributed by atoms with Crippen LogP contribution in [0.2, 0.25) is 0 Å². The van der Waals surface area contributed by atoms with E-state index in [4.69, 9.17) is 6.42 Å². The second-order valence-corrected chi connectivity index (χ2v) is 2.83. The summed E-state index contributed by atoms with van der Waals surface area (Å²) in [6.45, 7) is 0. The average molecular weight is 183 g/mol. The minimum Gasteiger partial charge on any atom is -0.333 e. The first-order chi connectivity index (χ1) is 5.81. The molecule has 0 saturated heterocycles. The highest BCUT2D eigenvalue weighted by molar-refractivity contribution is 7.16. The van der Waals surface area contributed by atoms with Gasteiger partial charge in [-0.1, -0.05) is 6.08 Å². The lowest BCUT2D eigenvalue weighted by Crippen LogP contribution is -2.15. The Hall–Kier alpha value is -0.800. The number of rotatable bonds is 5. The van der Waals surface area contributed by atoms with Crippen LogP contribution in [0.1, 0.15) is 19.3 Å². The number of hydrogen-bond donors (Lipinski definition) is 1. The van der Waals surface area contributed by atoms with Gasteiger partial charge in [-0.25, -0.2) is 0 Å². The third-order valence-corrected chi connectivity index (χ3v) is 1.53. The van der Waals surface area contributed by atoms with Crippen molar-refractivity contribution in [2.75, 3.05) is 6.16 Å². The monoisotopic (exact) mass is 183 g/mol. The van der Waals surface area contributed by atoms with Crippen molar-refractivity contribution in [1.29, 1.82) is 0 Å². The van der Waals surface area contributed by atoms with Gasteiger partial charge in [-0.3, -0.25) is 4.79 Å². The van der Waals surface area contributed by atoms with E-state index in [1.165, 1.54) is 0 Å². The lowest BCUT2D eigenvalue weighted by Gasteiger charge is -1.95. The van der Waals surface area contributed by atoms with E-state index in [0.717, 1.165) is 12.6 Å². The SMILES string of the molecule is C#CCCC(=O)NC=CCCP. The molecule has 1 amide bonds. The molecular weight excluding hydrogens is 169 g/mol. The van der Waals surface area contributed by atoms with Crippen molar-refractivity contribution >= 4 is 15.1 Å². The summed E-state index contributed by atoms with van der Waals surface area (Å²) in [6, 6.07) is 0. The molecule has 3 heteroatoms. The van der Waals surface area contributed by atoms with Crippen LogP contribution in [0.25, 0.3) is 0 Å². The zero-order valence-corrected chi connectivity index (χ0v) is 8.20. The summed E-state index contributed by atoms with van der Waals surface area (Å²) >= 11 is 0.